The molecule has 30 heavy (non-hydrogen) atoms. The van der Waals surface area contributed by atoms with Gasteiger partial charge in [-0.2, -0.15) is 0 Å². The van der Waals surface area contributed by atoms with Gasteiger partial charge in [0, 0.05) is 19.3 Å². The minimum absolute atomic E-state index is 1.05. The second-order valence-corrected chi connectivity index (χ2v) is 11.0. The minimum atomic E-state index is -1.91. The van der Waals surface area contributed by atoms with Crippen LogP contribution in [0.25, 0.3) is 0 Å². The topological polar surface area (TPSA) is 3.24 Å². The van der Waals surface area contributed by atoms with Gasteiger partial charge in [-0.1, -0.05) is 97.1 Å². The lowest BCUT2D eigenvalue weighted by molar-refractivity contribution is 0.422. The Morgan fingerprint density at radius 2 is 1.17 bits per heavy atom. The molecule has 0 amide bonds. The lowest BCUT2D eigenvalue weighted by atomic mass is 10.0. The van der Waals surface area contributed by atoms with Crippen molar-refractivity contribution in [2.75, 3.05) is 13.6 Å². The zero-order valence-corrected chi connectivity index (χ0v) is 18.8. The van der Waals surface area contributed by atoms with Crippen LogP contribution in [0, 0.1) is 0 Å². The summed E-state index contributed by atoms with van der Waals surface area (Å²) in [5.41, 5.74) is 2.87. The van der Waals surface area contributed by atoms with Crippen molar-refractivity contribution in [3.8, 4) is 0 Å². The molecular formula is C28H30NP. The summed E-state index contributed by atoms with van der Waals surface area (Å²) < 4.78 is 0. The molecule has 0 bridgehead atoms. The van der Waals surface area contributed by atoms with Crippen LogP contribution in [0.2, 0.25) is 0 Å². The Balaban J connectivity index is 1.98. The van der Waals surface area contributed by atoms with Gasteiger partial charge in [0.15, 0.2) is 0 Å². The zero-order chi connectivity index (χ0) is 20.8. The second-order valence-electron chi connectivity index (χ2n) is 7.77. The van der Waals surface area contributed by atoms with Crippen molar-refractivity contribution in [3.05, 3.63) is 114 Å². The highest BCUT2D eigenvalue weighted by molar-refractivity contribution is 7.94. The summed E-state index contributed by atoms with van der Waals surface area (Å²) in [7, 11) is 2.18. The Morgan fingerprint density at radius 3 is 1.53 bits per heavy atom. The fourth-order valence-corrected chi connectivity index (χ4v) is 8.16. The minimum Gasteiger partial charge on any atom is -0.378 e. The van der Waals surface area contributed by atoms with Gasteiger partial charge in [0.05, 0.1) is 0 Å². The van der Waals surface area contributed by atoms with Crippen molar-refractivity contribution >= 4 is 28.6 Å². The number of hydrogen-bond donors (Lipinski definition) is 0. The summed E-state index contributed by atoms with van der Waals surface area (Å²) in [5, 5.41) is 4.22. The van der Waals surface area contributed by atoms with Gasteiger partial charge in [-0.15, -0.1) is 0 Å². The summed E-state index contributed by atoms with van der Waals surface area (Å²) >= 11 is 0. The molecule has 0 atom stereocenters. The number of rotatable bonds is 6. The first-order chi connectivity index (χ1) is 14.7. The molecule has 0 spiro atoms. The van der Waals surface area contributed by atoms with Crippen LogP contribution in [-0.2, 0) is 0 Å². The van der Waals surface area contributed by atoms with E-state index in [-0.39, 0.29) is 0 Å². The van der Waals surface area contributed by atoms with Gasteiger partial charge in [0.25, 0.3) is 0 Å². The van der Waals surface area contributed by atoms with E-state index >= 15 is 0 Å². The summed E-state index contributed by atoms with van der Waals surface area (Å²) in [6.07, 6.45) is 6.85. The molecule has 1 aliphatic rings. The lowest BCUT2D eigenvalue weighted by Gasteiger charge is -2.30. The summed E-state index contributed by atoms with van der Waals surface area (Å²) in [5.74, 6) is 2.60. The number of benzene rings is 3. The van der Waals surface area contributed by atoms with Gasteiger partial charge in [-0.3, -0.25) is 0 Å². The van der Waals surface area contributed by atoms with E-state index in [4.69, 9.17) is 0 Å². The van der Waals surface area contributed by atoms with E-state index in [1.54, 1.807) is 0 Å². The molecule has 0 heterocycles. The molecule has 0 aromatic heterocycles. The molecule has 0 N–H and O–H groups in total. The van der Waals surface area contributed by atoms with Crippen LogP contribution in [0.15, 0.2) is 114 Å². The molecule has 4 rings (SSSR count). The van der Waals surface area contributed by atoms with E-state index < -0.39 is 6.89 Å². The van der Waals surface area contributed by atoms with Crippen LogP contribution in [0.4, 0.5) is 0 Å². The Labute approximate surface area is 181 Å². The second kappa shape index (κ2) is 9.37. The molecule has 3 aromatic rings. The Hall–Kier alpha value is -2.76. The van der Waals surface area contributed by atoms with Crippen molar-refractivity contribution < 1.29 is 0 Å². The normalized spacial score (nSPS) is 13.9. The molecular weight excluding hydrogens is 381 g/mol. The average Bonchev–Trinajstić information content (AvgIpc) is 2.84. The van der Waals surface area contributed by atoms with E-state index in [2.05, 4.69) is 128 Å². The highest BCUT2D eigenvalue weighted by Gasteiger charge is 2.25. The van der Waals surface area contributed by atoms with Crippen LogP contribution < -0.4 is 15.9 Å². The molecule has 3 aromatic carbocycles. The van der Waals surface area contributed by atoms with Crippen molar-refractivity contribution in [2.24, 2.45) is 0 Å². The third-order valence-corrected chi connectivity index (χ3v) is 10.0. The van der Waals surface area contributed by atoms with Crippen molar-refractivity contribution in [1.29, 1.82) is 0 Å². The highest BCUT2D eigenvalue weighted by Crippen LogP contribution is 2.45. The van der Waals surface area contributed by atoms with E-state index in [0.717, 1.165) is 19.4 Å². The molecule has 152 valence electrons. The number of nitrogens with zero attached hydrogens (tertiary/aromatic N) is 1. The Kier molecular flexibility index (Phi) is 6.41. The smallest absolute Gasteiger partial charge is 0.0143 e. The van der Waals surface area contributed by atoms with E-state index in [1.807, 2.05) is 0 Å². The van der Waals surface area contributed by atoms with Crippen LogP contribution in [0.3, 0.4) is 0 Å². The van der Waals surface area contributed by atoms with Gasteiger partial charge in [0.2, 0.25) is 0 Å². The first-order valence-corrected chi connectivity index (χ1v) is 12.6. The largest absolute Gasteiger partial charge is 0.378 e. The first kappa shape index (κ1) is 20.5. The SMILES string of the molecule is CCN(C)C1=CC=C(C=P(c2ccccc2)(c2ccccc2)c2ccccc2)CC1. The third-order valence-electron chi connectivity index (χ3n) is 5.97. The van der Waals surface area contributed by atoms with Crippen molar-refractivity contribution in [3.63, 3.8) is 0 Å². The molecule has 0 aliphatic heterocycles. The maximum Gasteiger partial charge on any atom is 0.0143 e. The first-order valence-electron chi connectivity index (χ1n) is 10.8. The maximum absolute atomic E-state index is 2.60. The van der Waals surface area contributed by atoms with Gasteiger partial charge in [-0.25, -0.2) is 0 Å². The van der Waals surface area contributed by atoms with Crippen LogP contribution in [0.1, 0.15) is 19.8 Å². The van der Waals surface area contributed by atoms with Gasteiger partial charge in [0.1, 0.15) is 0 Å². The predicted molar refractivity (Wildman–Crippen MR) is 135 cm³/mol. The van der Waals surface area contributed by atoms with Crippen LogP contribution in [0.5, 0.6) is 0 Å². The van der Waals surface area contributed by atoms with E-state index in [1.165, 1.54) is 27.2 Å². The molecule has 0 unspecified atom stereocenters. The number of hydrogen-bond acceptors (Lipinski definition) is 1. The summed E-state index contributed by atoms with van der Waals surface area (Å²) in [6, 6.07) is 33.2. The molecule has 0 saturated heterocycles. The van der Waals surface area contributed by atoms with Crippen molar-refractivity contribution in [1.82, 2.24) is 4.90 Å². The van der Waals surface area contributed by atoms with E-state index in [0.29, 0.717) is 0 Å². The van der Waals surface area contributed by atoms with Gasteiger partial charge >= 0.3 is 0 Å². The molecule has 0 fully saturated rings. The molecule has 0 saturated carbocycles. The predicted octanol–water partition coefficient (Wildman–Crippen LogP) is 5.34. The molecule has 0 radical (unpaired) electrons. The Morgan fingerprint density at radius 1 is 0.700 bits per heavy atom. The highest BCUT2D eigenvalue weighted by atomic mass is 31.2. The fraction of sp³-hybridized carbons (Fsp3) is 0.179. The quantitative estimate of drug-likeness (QED) is 0.495. The van der Waals surface area contributed by atoms with Gasteiger partial charge in [-0.05, 0) is 60.0 Å². The van der Waals surface area contributed by atoms with E-state index in [9.17, 15) is 0 Å². The monoisotopic (exact) mass is 411 g/mol. The molecule has 1 nitrogen and oxygen atoms in total. The fourth-order valence-electron chi connectivity index (χ4n) is 4.18. The third kappa shape index (κ3) is 4.09. The molecule has 2 heteroatoms. The summed E-state index contributed by atoms with van der Waals surface area (Å²) in [6.45, 7) is 1.35. The zero-order valence-electron chi connectivity index (χ0n) is 17.9. The number of allylic oxidation sites excluding steroid dienone is 4. The average molecular weight is 412 g/mol. The molecule has 1 aliphatic carbocycles. The lowest BCUT2D eigenvalue weighted by Crippen LogP contribution is -2.27. The van der Waals surface area contributed by atoms with Crippen LogP contribution >= 0.6 is 6.89 Å². The van der Waals surface area contributed by atoms with Crippen molar-refractivity contribution in [2.45, 2.75) is 19.8 Å². The summed E-state index contributed by atoms with van der Waals surface area (Å²) in [4.78, 5) is 2.35. The standard InChI is InChI=1S/C28H30NP/c1-3-29(2)25-21-19-24(20-22-25)23-30(26-13-7-4-8-14-26,27-15-9-5-10-16-27)28-17-11-6-12-18-28/h4-19,21,23H,3,20,22H2,1-2H3. The maximum atomic E-state index is 2.60. The van der Waals surface area contributed by atoms with Crippen LogP contribution in [-0.4, -0.2) is 24.3 Å². The van der Waals surface area contributed by atoms with Gasteiger partial charge < -0.3 is 4.90 Å². The Bertz CT molecular complexity index is 976.